The summed E-state index contributed by atoms with van der Waals surface area (Å²) in [7, 11) is 1.41. The molecule has 0 saturated heterocycles. The molecule has 1 aromatic heterocycles. The molecule has 23 heavy (non-hydrogen) atoms. The second-order valence-corrected chi connectivity index (χ2v) is 6.31. The molecule has 124 valence electrons. The zero-order chi connectivity index (χ0) is 16.9. The van der Waals surface area contributed by atoms with Gasteiger partial charge in [0.2, 0.25) is 5.91 Å². The minimum absolute atomic E-state index is 0.138. The molecule has 1 atom stereocenters. The highest BCUT2D eigenvalue weighted by molar-refractivity contribution is 7.08. The summed E-state index contributed by atoms with van der Waals surface area (Å²) in [6.45, 7) is 1.80. The molecule has 1 aromatic carbocycles. The van der Waals surface area contributed by atoms with Crippen molar-refractivity contribution in [3.63, 3.8) is 0 Å². The number of aryl methyl sites for hydroxylation is 1. The van der Waals surface area contributed by atoms with Crippen molar-refractivity contribution in [1.82, 2.24) is 5.32 Å². The highest BCUT2D eigenvalue weighted by atomic mass is 32.1. The van der Waals surface area contributed by atoms with Crippen LogP contribution in [0.2, 0.25) is 0 Å². The predicted octanol–water partition coefficient (Wildman–Crippen LogP) is 2.85. The molecule has 2 N–H and O–H groups in total. The minimum atomic E-state index is -1.10. The molecule has 0 radical (unpaired) electrons. The fourth-order valence-electron chi connectivity index (χ4n) is 2.16. The van der Waals surface area contributed by atoms with Gasteiger partial charge in [-0.05, 0) is 53.4 Å². The number of carbonyl (C=O) groups is 1. The largest absolute Gasteiger partial charge is 0.494 e. The second-order valence-electron chi connectivity index (χ2n) is 5.53. The summed E-state index contributed by atoms with van der Waals surface area (Å²) in [5.41, 5.74) is 0.407. The number of amides is 1. The Hall–Kier alpha value is -1.92. The molecule has 4 nitrogen and oxygen atoms in total. The van der Waals surface area contributed by atoms with E-state index in [1.165, 1.54) is 24.5 Å². The Kier molecular flexibility index (Phi) is 5.74. The van der Waals surface area contributed by atoms with E-state index in [4.69, 9.17) is 4.74 Å². The summed E-state index contributed by atoms with van der Waals surface area (Å²) in [5, 5.41) is 16.8. The predicted molar refractivity (Wildman–Crippen MR) is 88.2 cm³/mol. The van der Waals surface area contributed by atoms with Crippen molar-refractivity contribution in [2.75, 3.05) is 13.7 Å². The molecule has 0 spiro atoms. The number of benzene rings is 1. The molecule has 0 fully saturated rings. The Morgan fingerprint density at radius 2 is 2.22 bits per heavy atom. The van der Waals surface area contributed by atoms with Gasteiger partial charge in [-0.15, -0.1) is 0 Å². The summed E-state index contributed by atoms with van der Waals surface area (Å²) in [6.07, 6.45) is 0.652. The molecule has 2 aromatic rings. The van der Waals surface area contributed by atoms with Gasteiger partial charge in [-0.25, -0.2) is 4.39 Å². The number of ether oxygens (including phenoxy) is 1. The molecule has 0 aliphatic carbocycles. The molecule has 0 aliphatic heterocycles. The molecule has 1 unspecified atom stereocenters. The summed E-state index contributed by atoms with van der Waals surface area (Å²) < 4.78 is 18.4. The van der Waals surface area contributed by atoms with E-state index in [1.807, 2.05) is 16.8 Å². The van der Waals surface area contributed by atoms with Gasteiger partial charge in [0, 0.05) is 6.42 Å². The average Bonchev–Trinajstić information content (AvgIpc) is 3.06. The van der Waals surface area contributed by atoms with Crippen LogP contribution in [0.5, 0.6) is 5.75 Å². The summed E-state index contributed by atoms with van der Waals surface area (Å²) in [6, 6.07) is 6.48. The molecule has 6 heteroatoms. The maximum atomic E-state index is 13.6. The van der Waals surface area contributed by atoms with Crippen LogP contribution in [0.4, 0.5) is 4.39 Å². The quantitative estimate of drug-likeness (QED) is 0.817. The number of rotatable bonds is 7. The Bertz CT molecular complexity index is 656. The SMILES string of the molecule is COc1ccc(CCC(=O)NCC(C)(O)c2ccsc2)cc1F. The second kappa shape index (κ2) is 7.57. The number of halogens is 1. The summed E-state index contributed by atoms with van der Waals surface area (Å²) in [5.74, 6) is -0.437. The molecule has 2 rings (SSSR count). The summed E-state index contributed by atoms with van der Waals surface area (Å²) >= 11 is 1.49. The number of methoxy groups -OCH3 is 1. The van der Waals surface area contributed by atoms with Gasteiger partial charge in [0.15, 0.2) is 11.6 Å². The Morgan fingerprint density at radius 3 is 2.83 bits per heavy atom. The first-order valence-corrected chi connectivity index (χ1v) is 8.21. The van der Waals surface area contributed by atoms with E-state index in [0.29, 0.717) is 6.42 Å². The Morgan fingerprint density at radius 1 is 1.43 bits per heavy atom. The molecular formula is C17H20FNO3S. The number of hydrogen-bond acceptors (Lipinski definition) is 4. The highest BCUT2D eigenvalue weighted by Crippen LogP contribution is 2.22. The minimum Gasteiger partial charge on any atom is -0.494 e. The number of thiophene rings is 1. The van der Waals surface area contributed by atoms with Crippen LogP contribution in [-0.2, 0) is 16.8 Å². The van der Waals surface area contributed by atoms with E-state index in [0.717, 1.165) is 11.1 Å². The van der Waals surface area contributed by atoms with Crippen LogP contribution in [-0.4, -0.2) is 24.7 Å². The van der Waals surface area contributed by atoms with Crippen molar-refractivity contribution in [2.24, 2.45) is 0 Å². The molecule has 0 aliphatic rings. The van der Waals surface area contributed by atoms with Crippen LogP contribution in [0.1, 0.15) is 24.5 Å². The average molecular weight is 337 g/mol. The van der Waals surface area contributed by atoms with Gasteiger partial charge in [0.05, 0.1) is 13.7 Å². The van der Waals surface area contributed by atoms with Crippen molar-refractivity contribution in [1.29, 1.82) is 0 Å². The van der Waals surface area contributed by atoms with Gasteiger partial charge in [-0.2, -0.15) is 11.3 Å². The molecule has 0 saturated carbocycles. The van der Waals surface area contributed by atoms with Crippen molar-refractivity contribution in [2.45, 2.75) is 25.4 Å². The van der Waals surface area contributed by atoms with Crippen molar-refractivity contribution >= 4 is 17.2 Å². The number of nitrogens with one attached hydrogen (secondary N) is 1. The van der Waals surface area contributed by atoms with E-state index in [-0.39, 0.29) is 24.6 Å². The maximum absolute atomic E-state index is 13.6. The fraction of sp³-hybridized carbons (Fsp3) is 0.353. The lowest BCUT2D eigenvalue weighted by molar-refractivity contribution is -0.122. The van der Waals surface area contributed by atoms with Crippen LogP contribution in [0.3, 0.4) is 0 Å². The van der Waals surface area contributed by atoms with E-state index >= 15 is 0 Å². The molecular weight excluding hydrogens is 317 g/mol. The lowest BCUT2D eigenvalue weighted by Gasteiger charge is -2.22. The third kappa shape index (κ3) is 4.77. The summed E-state index contributed by atoms with van der Waals surface area (Å²) in [4.78, 5) is 11.9. The fourth-order valence-corrected chi connectivity index (χ4v) is 2.94. The number of carbonyl (C=O) groups excluding carboxylic acids is 1. The first-order valence-electron chi connectivity index (χ1n) is 7.26. The smallest absolute Gasteiger partial charge is 0.220 e. The topological polar surface area (TPSA) is 58.6 Å². The van der Waals surface area contributed by atoms with Gasteiger partial charge in [-0.1, -0.05) is 6.07 Å². The van der Waals surface area contributed by atoms with Crippen LogP contribution < -0.4 is 10.1 Å². The van der Waals surface area contributed by atoms with Crippen molar-refractivity contribution < 1.29 is 19.0 Å². The number of hydrogen-bond donors (Lipinski definition) is 2. The van der Waals surface area contributed by atoms with Gasteiger partial charge < -0.3 is 15.2 Å². The van der Waals surface area contributed by atoms with E-state index < -0.39 is 11.4 Å². The van der Waals surface area contributed by atoms with E-state index in [1.54, 1.807) is 19.1 Å². The zero-order valence-corrected chi connectivity index (χ0v) is 14.0. The van der Waals surface area contributed by atoms with Crippen LogP contribution in [0.15, 0.2) is 35.0 Å². The van der Waals surface area contributed by atoms with Gasteiger partial charge in [-0.3, -0.25) is 4.79 Å². The third-order valence-corrected chi connectivity index (χ3v) is 4.31. The normalized spacial score (nSPS) is 13.4. The van der Waals surface area contributed by atoms with Crippen LogP contribution in [0.25, 0.3) is 0 Å². The third-order valence-electron chi connectivity index (χ3n) is 3.63. The lowest BCUT2D eigenvalue weighted by atomic mass is 9.99. The molecule has 1 heterocycles. The van der Waals surface area contributed by atoms with Gasteiger partial charge in [0.25, 0.3) is 0 Å². The van der Waals surface area contributed by atoms with Crippen LogP contribution >= 0.6 is 11.3 Å². The molecule has 1 amide bonds. The maximum Gasteiger partial charge on any atom is 0.220 e. The van der Waals surface area contributed by atoms with Crippen molar-refractivity contribution in [3.05, 3.63) is 52.0 Å². The zero-order valence-electron chi connectivity index (χ0n) is 13.1. The van der Waals surface area contributed by atoms with Gasteiger partial charge >= 0.3 is 0 Å². The number of aliphatic hydroxyl groups is 1. The first-order chi connectivity index (χ1) is 10.9. The van der Waals surface area contributed by atoms with E-state index in [2.05, 4.69) is 5.32 Å². The highest BCUT2D eigenvalue weighted by Gasteiger charge is 2.24. The van der Waals surface area contributed by atoms with E-state index in [9.17, 15) is 14.3 Å². The standard InChI is InChI=1S/C17H20FNO3S/c1-17(21,13-7-8-23-10-13)11-19-16(20)6-4-12-3-5-15(22-2)14(18)9-12/h3,5,7-10,21H,4,6,11H2,1-2H3,(H,19,20). The van der Waals surface area contributed by atoms with Crippen molar-refractivity contribution in [3.8, 4) is 5.75 Å². The lowest BCUT2D eigenvalue weighted by Crippen LogP contribution is -2.38. The van der Waals surface area contributed by atoms with Gasteiger partial charge in [0.1, 0.15) is 5.60 Å². The molecule has 0 bridgehead atoms. The van der Waals surface area contributed by atoms with Crippen LogP contribution in [0, 0.1) is 5.82 Å². The monoisotopic (exact) mass is 337 g/mol. The first kappa shape index (κ1) is 17.4. The Balaban J connectivity index is 1.82. The Labute approximate surface area is 138 Å².